The maximum atomic E-state index is 12.7. The lowest BCUT2D eigenvalue weighted by atomic mass is 10.3. The van der Waals surface area contributed by atoms with Gasteiger partial charge < -0.3 is 30.0 Å². The van der Waals surface area contributed by atoms with Crippen LogP contribution < -0.4 is 15.4 Å². The molecule has 0 unspecified atom stereocenters. The van der Waals surface area contributed by atoms with Gasteiger partial charge in [0.15, 0.2) is 5.58 Å². The number of anilines is 1. The van der Waals surface area contributed by atoms with E-state index in [4.69, 9.17) is 19.4 Å². The van der Waals surface area contributed by atoms with Crippen LogP contribution in [0.5, 0.6) is 5.75 Å². The molecule has 4 N–H and O–H groups in total. The maximum absolute atomic E-state index is 12.7. The van der Waals surface area contributed by atoms with E-state index in [-0.39, 0.29) is 31.3 Å². The normalized spacial score (nSPS) is 11.5. The summed E-state index contributed by atoms with van der Waals surface area (Å²) in [6.07, 6.45) is -0.935. The minimum absolute atomic E-state index is 0.0458. The lowest BCUT2D eigenvalue weighted by molar-refractivity contribution is 0.195. The van der Waals surface area contributed by atoms with Crippen LogP contribution >= 0.6 is 0 Å². The number of carbonyl (C=O) groups is 1. The molecule has 2 aromatic rings. The van der Waals surface area contributed by atoms with E-state index < -0.39 is 6.09 Å². The summed E-state index contributed by atoms with van der Waals surface area (Å²) in [5, 5.41) is 22.1. The third kappa shape index (κ3) is 4.85. The number of nitrogens with zero attached hydrogens (tertiary/aromatic N) is 1. The van der Waals surface area contributed by atoms with Gasteiger partial charge in [0.05, 0.1) is 12.9 Å². The minimum atomic E-state index is -1.24. The second-order valence-corrected chi connectivity index (χ2v) is 4.51. The molecule has 0 saturated carbocycles. The Bertz CT molecular complexity index is 701. The zero-order valence-electron chi connectivity index (χ0n) is 12.1. The average Bonchev–Trinajstić information content (AvgIpc) is 2.94. The molecular formula is C14H16FN3O5. The van der Waals surface area contributed by atoms with E-state index in [1.807, 2.05) is 0 Å². The van der Waals surface area contributed by atoms with Crippen molar-refractivity contribution >= 4 is 23.2 Å². The Morgan fingerprint density at radius 1 is 1.48 bits per heavy atom. The van der Waals surface area contributed by atoms with E-state index in [9.17, 15) is 9.18 Å². The zero-order chi connectivity index (χ0) is 16.7. The number of aromatic nitrogens is 1. The number of benzene rings is 1. The van der Waals surface area contributed by atoms with Crippen LogP contribution in [0.3, 0.4) is 0 Å². The highest BCUT2D eigenvalue weighted by Crippen LogP contribution is 2.24. The standard InChI is InChI=1S/C14H16FN3O5/c15-6-9(7-17-14(20)21)8-22-10-1-2-11-12(5-10)23-13(18-11)16-3-4-19/h1-2,5-6,17,19H,3-4,7-8H2,(H,16,18)(H,20,21). The number of halogens is 1. The molecule has 0 aliphatic carbocycles. The van der Waals surface area contributed by atoms with E-state index in [1.165, 1.54) is 0 Å². The number of hydrogen-bond acceptors (Lipinski definition) is 6. The number of amides is 1. The highest BCUT2D eigenvalue weighted by molar-refractivity contribution is 5.76. The Morgan fingerprint density at radius 3 is 3.00 bits per heavy atom. The maximum Gasteiger partial charge on any atom is 0.404 e. The van der Waals surface area contributed by atoms with Crippen molar-refractivity contribution in [3.8, 4) is 5.75 Å². The van der Waals surface area contributed by atoms with Gasteiger partial charge in [-0.15, -0.1) is 0 Å². The molecule has 0 atom stereocenters. The summed E-state index contributed by atoms with van der Waals surface area (Å²) >= 11 is 0. The molecule has 0 bridgehead atoms. The van der Waals surface area contributed by atoms with E-state index in [0.29, 0.717) is 29.7 Å². The lowest BCUT2D eigenvalue weighted by Crippen LogP contribution is -2.25. The molecule has 1 amide bonds. The van der Waals surface area contributed by atoms with Crippen molar-refractivity contribution in [3.05, 3.63) is 30.1 Å². The number of carboxylic acid groups (broad SMARTS) is 1. The summed E-state index contributed by atoms with van der Waals surface area (Å²) in [6, 6.07) is 5.18. The SMILES string of the molecule is O=C(O)NCC(=CF)COc1ccc2nc(NCCO)oc2c1. The summed E-state index contributed by atoms with van der Waals surface area (Å²) in [4.78, 5) is 14.5. The number of aliphatic hydroxyl groups excluding tert-OH is 1. The first-order valence-electron chi connectivity index (χ1n) is 6.75. The van der Waals surface area contributed by atoms with E-state index in [0.717, 1.165) is 0 Å². The Hall–Kier alpha value is -2.81. The van der Waals surface area contributed by atoms with Crippen LogP contribution in [0.25, 0.3) is 11.1 Å². The monoisotopic (exact) mass is 325 g/mol. The molecule has 1 heterocycles. The first-order chi connectivity index (χ1) is 11.1. The van der Waals surface area contributed by atoms with Gasteiger partial charge in [-0.1, -0.05) is 0 Å². The van der Waals surface area contributed by atoms with Gasteiger partial charge in [-0.25, -0.2) is 9.18 Å². The third-order valence-electron chi connectivity index (χ3n) is 2.79. The summed E-state index contributed by atoms with van der Waals surface area (Å²) in [5.41, 5.74) is 1.22. The van der Waals surface area contributed by atoms with Crippen LogP contribution in [0.1, 0.15) is 0 Å². The molecule has 0 aliphatic heterocycles. The molecule has 2 rings (SSSR count). The number of fused-ring (bicyclic) bond motifs is 1. The van der Waals surface area contributed by atoms with Crippen molar-refractivity contribution in [1.29, 1.82) is 0 Å². The molecule has 124 valence electrons. The van der Waals surface area contributed by atoms with Crippen molar-refractivity contribution < 1.29 is 28.6 Å². The van der Waals surface area contributed by atoms with Gasteiger partial charge in [-0.05, 0) is 12.1 Å². The Balaban J connectivity index is 1.98. The van der Waals surface area contributed by atoms with Gasteiger partial charge in [0.2, 0.25) is 0 Å². The predicted molar refractivity (Wildman–Crippen MR) is 80.3 cm³/mol. The van der Waals surface area contributed by atoms with Crippen molar-refractivity contribution in [2.24, 2.45) is 0 Å². The fourth-order valence-corrected chi connectivity index (χ4v) is 1.72. The first-order valence-corrected chi connectivity index (χ1v) is 6.75. The average molecular weight is 325 g/mol. The predicted octanol–water partition coefficient (Wildman–Crippen LogP) is 1.73. The summed E-state index contributed by atoms with van der Waals surface area (Å²) < 4.78 is 23.5. The largest absolute Gasteiger partial charge is 0.489 e. The smallest absolute Gasteiger partial charge is 0.404 e. The molecule has 9 heteroatoms. The Labute approximate surface area is 130 Å². The third-order valence-corrected chi connectivity index (χ3v) is 2.79. The second kappa shape index (κ2) is 7.99. The van der Waals surface area contributed by atoms with Crippen molar-refractivity contribution in [2.45, 2.75) is 0 Å². The number of hydrogen-bond donors (Lipinski definition) is 4. The quantitative estimate of drug-likeness (QED) is 0.584. The molecule has 1 aromatic heterocycles. The summed E-state index contributed by atoms with van der Waals surface area (Å²) in [7, 11) is 0. The van der Waals surface area contributed by atoms with Crippen LogP contribution in [-0.4, -0.2) is 47.6 Å². The molecule has 0 radical (unpaired) electrons. The van der Waals surface area contributed by atoms with Gasteiger partial charge >= 0.3 is 6.09 Å². The zero-order valence-corrected chi connectivity index (χ0v) is 12.1. The molecule has 23 heavy (non-hydrogen) atoms. The van der Waals surface area contributed by atoms with Gasteiger partial charge in [-0.3, -0.25) is 0 Å². The summed E-state index contributed by atoms with van der Waals surface area (Å²) in [6.45, 7) is 0.00484. The van der Waals surface area contributed by atoms with Crippen molar-refractivity contribution in [2.75, 3.05) is 31.6 Å². The first kappa shape index (κ1) is 16.6. The molecule has 0 spiro atoms. The molecule has 8 nitrogen and oxygen atoms in total. The molecular weight excluding hydrogens is 309 g/mol. The van der Waals surface area contributed by atoms with Crippen LogP contribution in [0.2, 0.25) is 0 Å². The van der Waals surface area contributed by atoms with Crippen LogP contribution in [0, 0.1) is 0 Å². The number of ether oxygens (including phenoxy) is 1. The van der Waals surface area contributed by atoms with Gasteiger partial charge in [0.1, 0.15) is 17.9 Å². The Morgan fingerprint density at radius 2 is 2.30 bits per heavy atom. The van der Waals surface area contributed by atoms with Gasteiger partial charge in [0, 0.05) is 24.7 Å². The van der Waals surface area contributed by atoms with Gasteiger partial charge in [0.25, 0.3) is 6.01 Å². The number of aliphatic hydroxyl groups is 1. The Kier molecular flexibility index (Phi) is 5.75. The van der Waals surface area contributed by atoms with Crippen molar-refractivity contribution in [1.82, 2.24) is 10.3 Å². The number of oxazole rings is 1. The van der Waals surface area contributed by atoms with Gasteiger partial charge in [-0.2, -0.15) is 4.98 Å². The highest BCUT2D eigenvalue weighted by Gasteiger charge is 2.08. The molecule has 0 saturated heterocycles. The topological polar surface area (TPSA) is 117 Å². The second-order valence-electron chi connectivity index (χ2n) is 4.51. The minimum Gasteiger partial charge on any atom is -0.489 e. The molecule has 0 aliphatic rings. The van der Waals surface area contributed by atoms with E-state index in [1.54, 1.807) is 18.2 Å². The van der Waals surface area contributed by atoms with Crippen LogP contribution in [-0.2, 0) is 0 Å². The molecule has 0 fully saturated rings. The highest BCUT2D eigenvalue weighted by atomic mass is 19.1. The number of rotatable bonds is 8. The lowest BCUT2D eigenvalue weighted by Gasteiger charge is -2.08. The van der Waals surface area contributed by atoms with Crippen LogP contribution in [0.15, 0.2) is 34.5 Å². The fraction of sp³-hybridized carbons (Fsp3) is 0.286. The summed E-state index contributed by atoms with van der Waals surface area (Å²) in [5.74, 6) is 0.428. The van der Waals surface area contributed by atoms with Crippen molar-refractivity contribution in [3.63, 3.8) is 0 Å². The van der Waals surface area contributed by atoms with E-state index in [2.05, 4.69) is 15.6 Å². The van der Waals surface area contributed by atoms with E-state index >= 15 is 0 Å². The fourth-order valence-electron chi connectivity index (χ4n) is 1.72. The molecule has 1 aromatic carbocycles. The van der Waals surface area contributed by atoms with Crippen LogP contribution in [0.4, 0.5) is 15.2 Å². The number of nitrogens with one attached hydrogen (secondary N) is 2.